The van der Waals surface area contributed by atoms with Crippen LogP contribution in [0.1, 0.15) is 30.0 Å². The minimum atomic E-state index is 0.209. The highest BCUT2D eigenvalue weighted by molar-refractivity contribution is 6.32. The first kappa shape index (κ1) is 14.9. The van der Waals surface area contributed by atoms with Crippen LogP contribution in [-0.2, 0) is 0 Å². The first-order valence-electron chi connectivity index (χ1n) is 6.73. The van der Waals surface area contributed by atoms with E-state index in [9.17, 15) is 0 Å². The third-order valence-corrected chi connectivity index (χ3v) is 3.97. The smallest absolute Gasteiger partial charge is 0.137 e. The first-order chi connectivity index (χ1) is 9.67. The van der Waals surface area contributed by atoms with E-state index >= 15 is 0 Å². The molecule has 3 heteroatoms. The van der Waals surface area contributed by atoms with Gasteiger partial charge in [-0.15, -0.1) is 0 Å². The van der Waals surface area contributed by atoms with E-state index in [2.05, 4.69) is 42.6 Å². The zero-order valence-electron chi connectivity index (χ0n) is 12.1. The second kappa shape index (κ2) is 6.78. The zero-order valence-corrected chi connectivity index (χ0v) is 12.8. The molecule has 0 aliphatic rings. The van der Waals surface area contributed by atoms with Gasteiger partial charge in [0.15, 0.2) is 0 Å². The Balaban J connectivity index is 2.30. The molecule has 2 rings (SSSR count). The number of hydrogen-bond donors (Lipinski definition) is 1. The summed E-state index contributed by atoms with van der Waals surface area (Å²) in [5.41, 5.74) is 2.47. The van der Waals surface area contributed by atoms with E-state index < -0.39 is 0 Å². The Morgan fingerprint density at radius 2 is 1.75 bits per heavy atom. The number of benzene rings is 2. The number of hydrogen-bond acceptors (Lipinski definition) is 2. The van der Waals surface area contributed by atoms with Gasteiger partial charge in [0.25, 0.3) is 0 Å². The second-order valence-corrected chi connectivity index (χ2v) is 5.27. The molecule has 0 fully saturated rings. The molecule has 0 aliphatic carbocycles. The first-order valence-corrected chi connectivity index (χ1v) is 7.10. The molecule has 1 N–H and O–H groups in total. The maximum atomic E-state index is 6.23. The van der Waals surface area contributed by atoms with Gasteiger partial charge >= 0.3 is 0 Å². The molecule has 2 unspecified atom stereocenters. The van der Waals surface area contributed by atoms with Crippen molar-refractivity contribution >= 4 is 11.6 Å². The van der Waals surface area contributed by atoms with Crippen LogP contribution in [0.4, 0.5) is 0 Å². The average Bonchev–Trinajstić information content (AvgIpc) is 2.49. The Labute approximate surface area is 125 Å². The Morgan fingerprint density at radius 1 is 1.05 bits per heavy atom. The Morgan fingerprint density at radius 3 is 2.30 bits per heavy atom. The van der Waals surface area contributed by atoms with E-state index in [4.69, 9.17) is 16.3 Å². The van der Waals surface area contributed by atoms with E-state index in [1.807, 2.05) is 25.2 Å². The maximum Gasteiger partial charge on any atom is 0.137 e. The van der Waals surface area contributed by atoms with E-state index in [0.717, 1.165) is 5.56 Å². The molecule has 0 saturated carbocycles. The van der Waals surface area contributed by atoms with Gasteiger partial charge in [0.1, 0.15) is 5.75 Å². The number of nitrogens with one attached hydrogen (secondary N) is 1. The fourth-order valence-corrected chi connectivity index (χ4v) is 2.80. The lowest BCUT2D eigenvalue weighted by atomic mass is 9.88. The zero-order chi connectivity index (χ0) is 14.5. The van der Waals surface area contributed by atoms with Crippen molar-refractivity contribution in [3.8, 4) is 5.75 Å². The molecular formula is C17H20ClNO. The number of halogens is 1. The lowest BCUT2D eigenvalue weighted by Gasteiger charge is -2.25. The van der Waals surface area contributed by atoms with Gasteiger partial charge in [-0.05, 0) is 30.3 Å². The normalized spacial score (nSPS) is 13.8. The molecule has 0 bridgehead atoms. The monoisotopic (exact) mass is 289 g/mol. The average molecular weight is 290 g/mol. The standard InChI is InChI=1S/C17H20ClNO/c1-12(13-7-5-4-6-8-13)17(19-2)14-9-10-16(20-3)15(18)11-14/h4-12,17,19H,1-3H3. The summed E-state index contributed by atoms with van der Waals surface area (Å²) in [6, 6.07) is 16.6. The van der Waals surface area contributed by atoms with Gasteiger partial charge in [0.05, 0.1) is 12.1 Å². The summed E-state index contributed by atoms with van der Waals surface area (Å²) in [7, 11) is 3.60. The van der Waals surface area contributed by atoms with Crippen LogP contribution < -0.4 is 10.1 Å². The van der Waals surface area contributed by atoms with Crippen molar-refractivity contribution in [1.82, 2.24) is 5.32 Å². The summed E-state index contributed by atoms with van der Waals surface area (Å²) in [6.45, 7) is 2.22. The predicted molar refractivity (Wildman–Crippen MR) is 84.7 cm³/mol. The molecule has 2 aromatic rings. The predicted octanol–water partition coefficient (Wildman–Crippen LogP) is 4.41. The number of rotatable bonds is 5. The van der Waals surface area contributed by atoms with Gasteiger partial charge < -0.3 is 10.1 Å². The quantitative estimate of drug-likeness (QED) is 0.880. The van der Waals surface area contributed by atoms with Crippen molar-refractivity contribution < 1.29 is 4.74 Å². The summed E-state index contributed by atoms with van der Waals surface area (Å²) >= 11 is 6.23. The minimum Gasteiger partial charge on any atom is -0.495 e. The molecule has 2 nitrogen and oxygen atoms in total. The molecule has 2 aromatic carbocycles. The lowest BCUT2D eigenvalue weighted by molar-refractivity contribution is 0.414. The van der Waals surface area contributed by atoms with Crippen LogP contribution in [-0.4, -0.2) is 14.2 Å². The molecule has 0 heterocycles. The summed E-state index contributed by atoms with van der Waals surface area (Å²) in [5, 5.41) is 4.03. The summed E-state index contributed by atoms with van der Waals surface area (Å²) in [5.74, 6) is 1.06. The van der Waals surface area contributed by atoms with Gasteiger partial charge in [0, 0.05) is 12.0 Å². The highest BCUT2D eigenvalue weighted by atomic mass is 35.5. The van der Waals surface area contributed by atoms with Crippen molar-refractivity contribution in [3.63, 3.8) is 0 Å². The van der Waals surface area contributed by atoms with Crippen molar-refractivity contribution in [3.05, 3.63) is 64.7 Å². The second-order valence-electron chi connectivity index (χ2n) is 4.86. The molecule has 0 aromatic heterocycles. The Bertz CT molecular complexity index is 556. The topological polar surface area (TPSA) is 21.3 Å². The van der Waals surface area contributed by atoms with E-state index in [0.29, 0.717) is 16.7 Å². The molecular weight excluding hydrogens is 270 g/mol. The largest absolute Gasteiger partial charge is 0.495 e. The van der Waals surface area contributed by atoms with Crippen LogP contribution in [0, 0.1) is 0 Å². The molecule has 0 saturated heterocycles. The van der Waals surface area contributed by atoms with E-state index in [1.165, 1.54) is 5.56 Å². The number of methoxy groups -OCH3 is 1. The highest BCUT2D eigenvalue weighted by Gasteiger charge is 2.20. The lowest BCUT2D eigenvalue weighted by Crippen LogP contribution is -2.22. The number of likely N-dealkylation sites (N-methyl/N-ethyl adjacent to an activating group) is 1. The Kier molecular flexibility index (Phi) is 5.05. The summed E-state index contributed by atoms with van der Waals surface area (Å²) < 4.78 is 5.21. The van der Waals surface area contributed by atoms with Crippen LogP contribution in [0.3, 0.4) is 0 Å². The minimum absolute atomic E-state index is 0.209. The molecule has 106 valence electrons. The molecule has 2 atom stereocenters. The fourth-order valence-electron chi connectivity index (χ4n) is 2.53. The van der Waals surface area contributed by atoms with Crippen LogP contribution in [0.5, 0.6) is 5.75 Å². The Hall–Kier alpha value is -1.51. The van der Waals surface area contributed by atoms with Gasteiger partial charge in [-0.2, -0.15) is 0 Å². The fraction of sp³-hybridized carbons (Fsp3) is 0.294. The van der Waals surface area contributed by atoms with Crippen LogP contribution in [0.2, 0.25) is 5.02 Å². The van der Waals surface area contributed by atoms with Crippen molar-refractivity contribution in [2.24, 2.45) is 0 Å². The van der Waals surface area contributed by atoms with Gasteiger partial charge in [-0.1, -0.05) is 54.9 Å². The summed E-state index contributed by atoms with van der Waals surface area (Å²) in [6.07, 6.45) is 0. The van der Waals surface area contributed by atoms with Crippen molar-refractivity contribution in [2.45, 2.75) is 18.9 Å². The molecule has 0 spiro atoms. The maximum absolute atomic E-state index is 6.23. The molecule has 0 aliphatic heterocycles. The van der Waals surface area contributed by atoms with Crippen LogP contribution in [0.15, 0.2) is 48.5 Å². The molecule has 20 heavy (non-hydrogen) atoms. The number of ether oxygens (including phenoxy) is 1. The molecule has 0 amide bonds. The summed E-state index contributed by atoms with van der Waals surface area (Å²) in [4.78, 5) is 0. The van der Waals surface area contributed by atoms with E-state index in [-0.39, 0.29) is 6.04 Å². The van der Waals surface area contributed by atoms with Crippen molar-refractivity contribution in [2.75, 3.05) is 14.2 Å². The highest BCUT2D eigenvalue weighted by Crippen LogP contribution is 2.34. The van der Waals surface area contributed by atoms with Crippen molar-refractivity contribution in [1.29, 1.82) is 0 Å². The van der Waals surface area contributed by atoms with Gasteiger partial charge in [-0.3, -0.25) is 0 Å². The van der Waals surface area contributed by atoms with Gasteiger partial charge in [0.2, 0.25) is 0 Å². The van der Waals surface area contributed by atoms with Crippen LogP contribution in [0.25, 0.3) is 0 Å². The third kappa shape index (κ3) is 3.14. The van der Waals surface area contributed by atoms with E-state index in [1.54, 1.807) is 7.11 Å². The SMILES string of the molecule is CNC(c1ccc(OC)c(Cl)c1)C(C)c1ccccc1. The van der Waals surface area contributed by atoms with Crippen LogP contribution >= 0.6 is 11.6 Å². The van der Waals surface area contributed by atoms with Gasteiger partial charge in [-0.25, -0.2) is 0 Å². The molecule has 0 radical (unpaired) electrons. The third-order valence-electron chi connectivity index (χ3n) is 3.67.